The zero-order valence-corrected chi connectivity index (χ0v) is 19.8. The number of rotatable bonds is 6. The maximum absolute atomic E-state index is 7.13. The van der Waals surface area contributed by atoms with E-state index >= 15 is 0 Å². The van der Waals surface area contributed by atoms with Gasteiger partial charge in [-0.1, -0.05) is 55.6 Å². The van der Waals surface area contributed by atoms with E-state index in [1.165, 1.54) is 77.0 Å². The van der Waals surface area contributed by atoms with Crippen LogP contribution in [0.3, 0.4) is 0 Å². The van der Waals surface area contributed by atoms with Crippen LogP contribution in [0.2, 0.25) is 16.6 Å². The highest BCUT2D eigenvalue weighted by molar-refractivity contribution is 7.00. The van der Waals surface area contributed by atoms with Crippen molar-refractivity contribution in [2.45, 2.75) is 93.7 Å². The van der Waals surface area contributed by atoms with E-state index in [9.17, 15) is 0 Å². The summed E-state index contributed by atoms with van der Waals surface area (Å²) < 4.78 is 21.4. The molecule has 0 N–H and O–H groups in total. The molecule has 27 heavy (non-hydrogen) atoms. The Hall–Kier alpha value is -0.249. The first kappa shape index (κ1) is 20.0. The van der Waals surface area contributed by atoms with Crippen LogP contribution in [0.4, 0.5) is 0 Å². The molecule has 0 aromatic rings. The van der Waals surface area contributed by atoms with E-state index in [0.29, 0.717) is 16.6 Å². The molecule has 0 bridgehead atoms. The molecule has 0 aromatic heterocycles. The fourth-order valence-electron chi connectivity index (χ4n) is 6.04. The van der Waals surface area contributed by atoms with E-state index in [-0.39, 0.29) is 0 Å². The van der Waals surface area contributed by atoms with E-state index in [1.54, 1.807) is 0 Å². The second kappa shape index (κ2) is 7.88. The predicted molar refractivity (Wildman–Crippen MR) is 118 cm³/mol. The monoisotopic (exact) mass is 420 g/mol. The van der Waals surface area contributed by atoms with Crippen LogP contribution in [0.5, 0.6) is 0 Å². The van der Waals surface area contributed by atoms with Crippen LogP contribution < -0.4 is 0 Å². The summed E-state index contributed by atoms with van der Waals surface area (Å²) in [7, 11) is -7.65. The quantitative estimate of drug-likeness (QED) is 0.466. The minimum atomic E-state index is -2.55. The van der Waals surface area contributed by atoms with Crippen molar-refractivity contribution in [3.63, 3.8) is 0 Å². The van der Waals surface area contributed by atoms with E-state index in [1.807, 2.05) is 0 Å². The summed E-state index contributed by atoms with van der Waals surface area (Å²) in [5.74, 6) is 0. The first-order chi connectivity index (χ1) is 13.1. The van der Waals surface area contributed by atoms with Crippen LogP contribution in [0.15, 0.2) is 36.8 Å². The summed E-state index contributed by atoms with van der Waals surface area (Å²) in [5.41, 5.74) is 7.94. The highest BCUT2D eigenvalue weighted by Gasteiger charge is 2.66. The van der Waals surface area contributed by atoms with E-state index in [0.717, 1.165) is 0 Å². The SMILES string of the molecule is C=C[Si]1(C2CCCC2)O[Si](C=C)(C2CCCC2)O[Si](C=C)(C2CCCC2)O1. The van der Waals surface area contributed by atoms with Crippen LogP contribution in [0.25, 0.3) is 0 Å². The van der Waals surface area contributed by atoms with Gasteiger partial charge >= 0.3 is 25.7 Å². The van der Waals surface area contributed by atoms with Gasteiger partial charge in [0.1, 0.15) is 0 Å². The maximum Gasteiger partial charge on any atom is 0.350 e. The lowest BCUT2D eigenvalue weighted by molar-refractivity contribution is 0.209. The van der Waals surface area contributed by atoms with Gasteiger partial charge in [-0.3, -0.25) is 0 Å². The van der Waals surface area contributed by atoms with Gasteiger partial charge in [0.2, 0.25) is 0 Å². The van der Waals surface area contributed by atoms with Crippen molar-refractivity contribution in [1.29, 1.82) is 0 Å². The molecule has 4 rings (SSSR count). The average Bonchev–Trinajstić information content (AvgIpc) is 3.48. The molecule has 6 heteroatoms. The van der Waals surface area contributed by atoms with Crippen LogP contribution in [-0.2, 0) is 12.3 Å². The van der Waals surface area contributed by atoms with Gasteiger partial charge in [-0.2, -0.15) is 0 Å². The highest BCUT2D eigenvalue weighted by atomic mass is 28.5. The van der Waals surface area contributed by atoms with Gasteiger partial charge in [0.05, 0.1) is 0 Å². The molecule has 0 radical (unpaired) electrons. The predicted octanol–water partition coefficient (Wildman–Crippen LogP) is 6.38. The van der Waals surface area contributed by atoms with Crippen molar-refractivity contribution in [3.05, 3.63) is 36.8 Å². The van der Waals surface area contributed by atoms with Gasteiger partial charge < -0.3 is 12.3 Å². The molecule has 0 spiro atoms. The minimum absolute atomic E-state index is 0.528. The van der Waals surface area contributed by atoms with E-state index in [2.05, 4.69) is 36.8 Å². The van der Waals surface area contributed by atoms with Gasteiger partial charge in [0, 0.05) is 16.6 Å². The Kier molecular flexibility index (Phi) is 5.85. The molecule has 3 aliphatic carbocycles. The molecule has 4 aliphatic rings. The Labute approximate surface area is 168 Å². The van der Waals surface area contributed by atoms with Crippen molar-refractivity contribution in [2.24, 2.45) is 0 Å². The summed E-state index contributed by atoms with van der Waals surface area (Å²) in [5, 5.41) is 0. The number of hydrogen-bond donors (Lipinski definition) is 0. The van der Waals surface area contributed by atoms with Crippen LogP contribution in [-0.4, -0.2) is 25.7 Å². The summed E-state index contributed by atoms with van der Waals surface area (Å²) in [6.45, 7) is 12.9. The van der Waals surface area contributed by atoms with Crippen molar-refractivity contribution >= 4 is 25.7 Å². The molecular formula is C21H36O3Si3. The summed E-state index contributed by atoms with van der Waals surface area (Å²) in [6, 6.07) is 0. The zero-order chi connectivity index (χ0) is 19.0. The first-order valence-corrected chi connectivity index (χ1v) is 17.0. The standard InChI is InChI=1S/C21H36O3Si3/c1-4-25(19-13-7-8-14-19)22-26(5-2,20-15-9-10-16-20)24-27(6-3,23-25)21-17-11-12-18-21/h4-6,19-21H,1-3,7-18H2. The Balaban J connectivity index is 1.78. The molecule has 1 saturated heterocycles. The topological polar surface area (TPSA) is 27.7 Å². The fourth-order valence-corrected chi connectivity index (χ4v) is 24.3. The molecule has 4 fully saturated rings. The average molecular weight is 421 g/mol. The second-order valence-corrected chi connectivity index (χ2v) is 19.5. The molecule has 0 unspecified atom stereocenters. The zero-order valence-electron chi connectivity index (χ0n) is 16.8. The molecule has 0 amide bonds. The molecule has 3 saturated carbocycles. The molecule has 0 aromatic carbocycles. The maximum atomic E-state index is 7.13. The van der Waals surface area contributed by atoms with Gasteiger partial charge in [-0.05, 0) is 38.5 Å². The third-order valence-electron chi connectivity index (χ3n) is 7.58. The lowest BCUT2D eigenvalue weighted by Gasteiger charge is -2.55. The Morgan fingerprint density at radius 1 is 0.481 bits per heavy atom. The van der Waals surface area contributed by atoms with Gasteiger partial charge in [0.25, 0.3) is 0 Å². The van der Waals surface area contributed by atoms with Crippen molar-refractivity contribution in [3.8, 4) is 0 Å². The third kappa shape index (κ3) is 3.36. The Morgan fingerprint density at radius 3 is 0.889 bits per heavy atom. The van der Waals surface area contributed by atoms with Crippen LogP contribution >= 0.6 is 0 Å². The molecule has 1 heterocycles. The Morgan fingerprint density at radius 2 is 0.704 bits per heavy atom. The second-order valence-electron chi connectivity index (χ2n) is 9.03. The lowest BCUT2D eigenvalue weighted by Crippen LogP contribution is -2.72. The molecule has 3 nitrogen and oxygen atoms in total. The normalized spacial score (nSPS) is 41.8. The van der Waals surface area contributed by atoms with Crippen molar-refractivity contribution in [2.75, 3.05) is 0 Å². The molecule has 1 aliphatic heterocycles. The van der Waals surface area contributed by atoms with Crippen LogP contribution in [0.1, 0.15) is 77.0 Å². The Bertz CT molecular complexity index is 488. The van der Waals surface area contributed by atoms with E-state index in [4.69, 9.17) is 12.3 Å². The van der Waals surface area contributed by atoms with Crippen molar-refractivity contribution < 1.29 is 12.3 Å². The van der Waals surface area contributed by atoms with Gasteiger partial charge in [0.15, 0.2) is 0 Å². The lowest BCUT2D eigenvalue weighted by atomic mass is 10.4. The first-order valence-electron chi connectivity index (χ1n) is 11.1. The minimum Gasteiger partial charge on any atom is -0.409 e. The smallest absolute Gasteiger partial charge is 0.350 e. The van der Waals surface area contributed by atoms with E-state index < -0.39 is 25.7 Å². The summed E-state index contributed by atoms with van der Waals surface area (Å²) in [6.07, 6.45) is 15.1. The molecular weight excluding hydrogens is 384 g/mol. The molecule has 0 atom stereocenters. The largest absolute Gasteiger partial charge is 0.409 e. The summed E-state index contributed by atoms with van der Waals surface area (Å²) >= 11 is 0. The van der Waals surface area contributed by atoms with Gasteiger partial charge in [-0.15, -0.1) is 19.7 Å². The fraction of sp³-hybridized carbons (Fsp3) is 0.714. The number of hydrogen-bond acceptors (Lipinski definition) is 3. The van der Waals surface area contributed by atoms with Crippen molar-refractivity contribution in [1.82, 2.24) is 0 Å². The highest BCUT2D eigenvalue weighted by Crippen LogP contribution is 2.55. The summed E-state index contributed by atoms with van der Waals surface area (Å²) in [4.78, 5) is 0. The van der Waals surface area contributed by atoms with Crippen LogP contribution in [0, 0.1) is 0 Å². The van der Waals surface area contributed by atoms with Gasteiger partial charge in [-0.25, -0.2) is 0 Å². The molecule has 150 valence electrons. The third-order valence-corrected chi connectivity index (χ3v) is 22.1.